The Balaban J connectivity index is 1.96. The summed E-state index contributed by atoms with van der Waals surface area (Å²) in [7, 11) is 0. The van der Waals surface area contributed by atoms with Gasteiger partial charge in [0.05, 0.1) is 6.10 Å². The molecule has 0 amide bonds. The zero-order valence-electron chi connectivity index (χ0n) is 11.0. The van der Waals surface area contributed by atoms with Crippen molar-refractivity contribution in [3.8, 4) is 0 Å². The number of hydrogen-bond donors (Lipinski definition) is 3. The molecule has 7 heteroatoms. The average molecular weight is 286 g/mol. The lowest BCUT2D eigenvalue weighted by molar-refractivity contribution is 0.0346. The summed E-state index contributed by atoms with van der Waals surface area (Å²) in [5.74, 6) is 0.739. The van der Waals surface area contributed by atoms with E-state index in [0.717, 1.165) is 32.3 Å². The van der Waals surface area contributed by atoms with Gasteiger partial charge in [-0.15, -0.1) is 0 Å². The van der Waals surface area contributed by atoms with Gasteiger partial charge in [-0.2, -0.15) is 9.97 Å². The second kappa shape index (κ2) is 6.25. The van der Waals surface area contributed by atoms with E-state index in [9.17, 15) is 0 Å². The first-order valence-corrected chi connectivity index (χ1v) is 6.94. The number of aromatic nitrogens is 2. The topological polar surface area (TPSA) is 99.1 Å². The minimum atomic E-state index is 0.109. The van der Waals surface area contributed by atoms with Crippen LogP contribution < -0.4 is 16.8 Å². The second-order valence-electron chi connectivity index (χ2n) is 4.71. The molecule has 1 fully saturated rings. The van der Waals surface area contributed by atoms with Crippen molar-refractivity contribution in [1.29, 1.82) is 0 Å². The Morgan fingerprint density at radius 3 is 2.58 bits per heavy atom. The summed E-state index contributed by atoms with van der Waals surface area (Å²) in [6.07, 6.45) is 4.50. The highest BCUT2D eigenvalue weighted by atomic mass is 35.5. The minimum Gasteiger partial charge on any atom is -0.393 e. The van der Waals surface area contributed by atoms with E-state index in [0.29, 0.717) is 23.7 Å². The van der Waals surface area contributed by atoms with Gasteiger partial charge in [0, 0.05) is 12.6 Å². The molecule has 0 saturated heterocycles. The fraction of sp³-hybridized carbons (Fsp3) is 0.667. The molecule has 5 N–H and O–H groups in total. The molecule has 0 aliphatic heterocycles. The molecule has 1 saturated carbocycles. The summed E-state index contributed by atoms with van der Waals surface area (Å²) in [5.41, 5.74) is 11.9. The first kappa shape index (κ1) is 14.1. The normalized spacial score (nSPS) is 23.3. The van der Waals surface area contributed by atoms with Crippen LogP contribution in [-0.2, 0) is 4.74 Å². The maximum atomic E-state index is 5.85. The molecule has 1 aromatic rings. The molecule has 0 atom stereocenters. The van der Waals surface area contributed by atoms with Gasteiger partial charge >= 0.3 is 0 Å². The first-order chi connectivity index (χ1) is 9.10. The average Bonchev–Trinajstić information content (AvgIpc) is 2.38. The zero-order chi connectivity index (χ0) is 13.8. The lowest BCUT2D eigenvalue weighted by atomic mass is 9.93. The molecule has 0 aromatic carbocycles. The molecule has 1 aliphatic carbocycles. The SMILES string of the molecule is CCOC1CCC(Nc2nc(Cl)nc(N)c2N)CC1. The fourth-order valence-corrected chi connectivity index (χ4v) is 2.55. The third kappa shape index (κ3) is 3.61. The number of hydrogen-bond acceptors (Lipinski definition) is 6. The van der Waals surface area contributed by atoms with Gasteiger partial charge in [-0.05, 0) is 44.2 Å². The Morgan fingerprint density at radius 1 is 1.26 bits per heavy atom. The Kier molecular flexibility index (Phi) is 4.66. The Morgan fingerprint density at radius 2 is 1.95 bits per heavy atom. The standard InChI is InChI=1S/C12H20ClN5O/c1-2-19-8-5-3-7(4-6-8)16-11-9(14)10(15)17-12(13)18-11/h7-8H,2-6,14H2,1H3,(H3,15,16,17,18). The summed E-state index contributed by atoms with van der Waals surface area (Å²) in [5, 5.41) is 3.41. The molecule has 1 heterocycles. The van der Waals surface area contributed by atoms with Gasteiger partial charge in [0.1, 0.15) is 5.69 Å². The fourth-order valence-electron chi connectivity index (χ4n) is 2.37. The summed E-state index contributed by atoms with van der Waals surface area (Å²) < 4.78 is 5.62. The molecule has 19 heavy (non-hydrogen) atoms. The summed E-state index contributed by atoms with van der Waals surface area (Å²) in [6, 6.07) is 0.323. The Bertz CT molecular complexity index is 434. The van der Waals surface area contributed by atoms with Gasteiger partial charge in [0.15, 0.2) is 11.6 Å². The third-order valence-electron chi connectivity index (χ3n) is 3.37. The molecule has 1 aliphatic rings. The van der Waals surface area contributed by atoms with Crippen molar-refractivity contribution in [3.05, 3.63) is 5.28 Å². The molecule has 0 unspecified atom stereocenters. The zero-order valence-corrected chi connectivity index (χ0v) is 11.8. The van der Waals surface area contributed by atoms with Gasteiger partial charge in [0.2, 0.25) is 5.28 Å². The van der Waals surface area contributed by atoms with Crippen LogP contribution in [0.15, 0.2) is 0 Å². The molecule has 0 spiro atoms. The van der Waals surface area contributed by atoms with Crippen molar-refractivity contribution in [2.75, 3.05) is 23.4 Å². The van der Waals surface area contributed by atoms with Crippen molar-refractivity contribution in [2.45, 2.75) is 44.8 Å². The first-order valence-electron chi connectivity index (χ1n) is 6.56. The molecular formula is C12H20ClN5O. The number of nitrogen functional groups attached to an aromatic ring is 2. The maximum absolute atomic E-state index is 5.85. The van der Waals surface area contributed by atoms with Crippen LogP contribution in [0.4, 0.5) is 17.3 Å². The number of nitrogens with two attached hydrogens (primary N) is 2. The van der Waals surface area contributed by atoms with Gasteiger partial charge in [-0.3, -0.25) is 0 Å². The van der Waals surface area contributed by atoms with Crippen LogP contribution in [0.25, 0.3) is 0 Å². The molecular weight excluding hydrogens is 266 g/mol. The molecule has 6 nitrogen and oxygen atoms in total. The van der Waals surface area contributed by atoms with Gasteiger partial charge in [-0.25, -0.2) is 0 Å². The number of ether oxygens (including phenoxy) is 1. The van der Waals surface area contributed by atoms with Crippen molar-refractivity contribution < 1.29 is 4.74 Å². The van der Waals surface area contributed by atoms with E-state index in [4.69, 9.17) is 27.8 Å². The number of nitrogens with one attached hydrogen (secondary N) is 1. The number of rotatable bonds is 4. The molecule has 106 valence electrons. The highest BCUT2D eigenvalue weighted by Gasteiger charge is 2.22. The lowest BCUT2D eigenvalue weighted by Gasteiger charge is -2.29. The smallest absolute Gasteiger partial charge is 0.226 e. The molecule has 0 radical (unpaired) electrons. The minimum absolute atomic E-state index is 0.109. The van der Waals surface area contributed by atoms with Crippen LogP contribution >= 0.6 is 11.6 Å². The lowest BCUT2D eigenvalue weighted by Crippen LogP contribution is -2.30. The van der Waals surface area contributed by atoms with Crippen LogP contribution in [0.5, 0.6) is 0 Å². The second-order valence-corrected chi connectivity index (χ2v) is 5.05. The maximum Gasteiger partial charge on any atom is 0.226 e. The van der Waals surface area contributed by atoms with Gasteiger partial charge in [-0.1, -0.05) is 0 Å². The molecule has 1 aromatic heterocycles. The number of nitrogens with zero attached hydrogens (tertiary/aromatic N) is 2. The highest BCUT2D eigenvalue weighted by Crippen LogP contribution is 2.28. The Labute approximate surface area is 117 Å². The third-order valence-corrected chi connectivity index (χ3v) is 3.53. The monoisotopic (exact) mass is 285 g/mol. The van der Waals surface area contributed by atoms with E-state index in [1.165, 1.54) is 0 Å². The highest BCUT2D eigenvalue weighted by molar-refractivity contribution is 6.28. The van der Waals surface area contributed by atoms with Crippen molar-refractivity contribution in [2.24, 2.45) is 0 Å². The van der Waals surface area contributed by atoms with E-state index in [2.05, 4.69) is 15.3 Å². The van der Waals surface area contributed by atoms with E-state index < -0.39 is 0 Å². The molecule has 2 rings (SSSR count). The number of anilines is 3. The predicted molar refractivity (Wildman–Crippen MR) is 77.2 cm³/mol. The number of halogens is 1. The largest absolute Gasteiger partial charge is 0.393 e. The Hall–Kier alpha value is -1.27. The van der Waals surface area contributed by atoms with E-state index in [-0.39, 0.29) is 11.1 Å². The van der Waals surface area contributed by atoms with Crippen molar-refractivity contribution in [1.82, 2.24) is 9.97 Å². The van der Waals surface area contributed by atoms with Crippen LogP contribution in [0.1, 0.15) is 32.6 Å². The van der Waals surface area contributed by atoms with E-state index in [1.807, 2.05) is 6.92 Å². The van der Waals surface area contributed by atoms with Crippen LogP contribution in [0.3, 0.4) is 0 Å². The van der Waals surface area contributed by atoms with Crippen LogP contribution in [-0.4, -0.2) is 28.7 Å². The van der Waals surface area contributed by atoms with Crippen LogP contribution in [0.2, 0.25) is 5.28 Å². The van der Waals surface area contributed by atoms with Crippen molar-refractivity contribution >= 4 is 28.9 Å². The molecule has 0 bridgehead atoms. The van der Waals surface area contributed by atoms with E-state index >= 15 is 0 Å². The summed E-state index contributed by atoms with van der Waals surface area (Å²) in [4.78, 5) is 7.90. The van der Waals surface area contributed by atoms with Crippen molar-refractivity contribution in [3.63, 3.8) is 0 Å². The van der Waals surface area contributed by atoms with Gasteiger partial charge < -0.3 is 21.5 Å². The summed E-state index contributed by atoms with van der Waals surface area (Å²) in [6.45, 7) is 2.80. The van der Waals surface area contributed by atoms with E-state index in [1.54, 1.807) is 0 Å². The quantitative estimate of drug-likeness (QED) is 0.732. The predicted octanol–water partition coefficient (Wildman–Crippen LogP) is 2.05. The summed E-state index contributed by atoms with van der Waals surface area (Å²) >= 11 is 5.79. The van der Waals surface area contributed by atoms with Gasteiger partial charge in [0.25, 0.3) is 0 Å². The van der Waals surface area contributed by atoms with Crippen LogP contribution in [0, 0.1) is 0 Å².